The molecule has 2 fully saturated rings. The minimum atomic E-state index is 0.655. The van der Waals surface area contributed by atoms with Crippen molar-refractivity contribution >= 4 is 28.1 Å². The van der Waals surface area contributed by atoms with Crippen molar-refractivity contribution in [1.82, 2.24) is 10.2 Å². The molecule has 0 bridgehead atoms. The summed E-state index contributed by atoms with van der Waals surface area (Å²) in [4.78, 5) is 2.66. The number of halogens is 1. The number of anilines is 1. The average molecular weight is 376 g/mol. The first-order chi connectivity index (χ1) is 12.3. The monoisotopic (exact) mass is 375 g/mol. The van der Waals surface area contributed by atoms with Gasteiger partial charge in [0.05, 0.1) is 0 Å². The van der Waals surface area contributed by atoms with Crippen LogP contribution < -0.4 is 4.90 Å². The van der Waals surface area contributed by atoms with Crippen LogP contribution in [0.15, 0.2) is 24.3 Å². The van der Waals surface area contributed by atoms with Crippen molar-refractivity contribution in [1.29, 1.82) is 0 Å². The molecule has 2 aliphatic rings. The summed E-state index contributed by atoms with van der Waals surface area (Å²) in [5, 5.41) is 12.0. The van der Waals surface area contributed by atoms with E-state index >= 15 is 0 Å². The summed E-state index contributed by atoms with van der Waals surface area (Å²) >= 11 is 7.76. The molecule has 25 heavy (non-hydrogen) atoms. The van der Waals surface area contributed by atoms with E-state index in [0.717, 1.165) is 20.7 Å². The quantitative estimate of drug-likeness (QED) is 0.625. The normalized spacial score (nSPS) is 19.9. The number of rotatable bonds is 4. The third-order valence-electron chi connectivity index (χ3n) is 5.66. The third-order valence-corrected chi connectivity index (χ3v) is 6.90. The van der Waals surface area contributed by atoms with Gasteiger partial charge in [-0.15, -0.1) is 10.2 Å². The maximum atomic E-state index is 6.02. The van der Waals surface area contributed by atoms with Crippen molar-refractivity contribution in [2.45, 2.75) is 76.3 Å². The van der Waals surface area contributed by atoms with Crippen LogP contribution >= 0.6 is 22.9 Å². The summed E-state index contributed by atoms with van der Waals surface area (Å²) in [6.07, 6.45) is 13.5. The molecule has 1 aromatic heterocycles. The molecule has 5 heteroatoms. The van der Waals surface area contributed by atoms with Crippen molar-refractivity contribution in [3.05, 3.63) is 29.3 Å². The summed E-state index contributed by atoms with van der Waals surface area (Å²) in [6.45, 7) is 0. The number of nitrogens with zero attached hydrogens (tertiary/aromatic N) is 3. The van der Waals surface area contributed by atoms with Crippen LogP contribution in [0, 0.1) is 0 Å². The zero-order valence-corrected chi connectivity index (χ0v) is 16.2. The molecule has 2 aromatic rings. The van der Waals surface area contributed by atoms with E-state index in [4.69, 9.17) is 11.6 Å². The Hall–Kier alpha value is -1.13. The van der Waals surface area contributed by atoms with E-state index in [2.05, 4.69) is 15.1 Å². The highest BCUT2D eigenvalue weighted by Gasteiger charge is 2.31. The molecule has 0 radical (unpaired) electrons. The van der Waals surface area contributed by atoms with Gasteiger partial charge in [0.2, 0.25) is 5.13 Å². The topological polar surface area (TPSA) is 29.0 Å². The van der Waals surface area contributed by atoms with Crippen molar-refractivity contribution < 1.29 is 0 Å². The Morgan fingerprint density at radius 2 is 1.36 bits per heavy atom. The van der Waals surface area contributed by atoms with E-state index in [1.165, 1.54) is 64.2 Å². The Morgan fingerprint density at radius 1 is 0.800 bits per heavy atom. The fraction of sp³-hybridized carbons (Fsp3) is 0.600. The van der Waals surface area contributed by atoms with Gasteiger partial charge in [0.25, 0.3) is 0 Å². The van der Waals surface area contributed by atoms with E-state index in [1.807, 2.05) is 24.3 Å². The van der Waals surface area contributed by atoms with E-state index in [0.29, 0.717) is 12.1 Å². The Morgan fingerprint density at radius 3 is 1.92 bits per heavy atom. The second-order valence-corrected chi connectivity index (χ2v) is 8.78. The largest absolute Gasteiger partial charge is 0.341 e. The van der Waals surface area contributed by atoms with Gasteiger partial charge in [0.15, 0.2) is 0 Å². The Balaban J connectivity index is 1.61. The predicted molar refractivity (Wildman–Crippen MR) is 107 cm³/mol. The van der Waals surface area contributed by atoms with E-state index in [1.54, 1.807) is 11.3 Å². The van der Waals surface area contributed by atoms with Gasteiger partial charge in [0.1, 0.15) is 5.01 Å². The fourth-order valence-corrected chi connectivity index (χ4v) is 5.48. The molecule has 2 saturated carbocycles. The molecule has 0 N–H and O–H groups in total. The zero-order valence-electron chi connectivity index (χ0n) is 14.7. The maximum absolute atomic E-state index is 6.02. The van der Waals surface area contributed by atoms with Gasteiger partial charge in [0, 0.05) is 22.7 Å². The molecule has 0 atom stereocenters. The van der Waals surface area contributed by atoms with E-state index in [-0.39, 0.29) is 0 Å². The lowest BCUT2D eigenvalue weighted by molar-refractivity contribution is 0.339. The van der Waals surface area contributed by atoms with Crippen LogP contribution in [0.1, 0.15) is 64.2 Å². The maximum Gasteiger partial charge on any atom is 0.209 e. The Bertz CT molecular complexity index is 655. The van der Waals surface area contributed by atoms with Crippen LogP contribution in [0.3, 0.4) is 0 Å². The van der Waals surface area contributed by atoms with Gasteiger partial charge in [-0.05, 0) is 37.8 Å². The summed E-state index contributed by atoms with van der Waals surface area (Å²) in [5.41, 5.74) is 1.11. The first kappa shape index (κ1) is 17.3. The van der Waals surface area contributed by atoms with Crippen molar-refractivity contribution in [2.75, 3.05) is 4.90 Å². The molecule has 0 unspecified atom stereocenters. The van der Waals surface area contributed by atoms with Crippen molar-refractivity contribution in [2.24, 2.45) is 0 Å². The van der Waals surface area contributed by atoms with Crippen molar-refractivity contribution in [3.63, 3.8) is 0 Å². The van der Waals surface area contributed by atoms with Gasteiger partial charge >= 0.3 is 0 Å². The molecule has 134 valence electrons. The molecule has 2 aliphatic carbocycles. The zero-order chi connectivity index (χ0) is 17.1. The third kappa shape index (κ3) is 4.01. The number of aromatic nitrogens is 2. The fourth-order valence-electron chi connectivity index (χ4n) is 4.36. The highest BCUT2D eigenvalue weighted by Crippen LogP contribution is 2.37. The van der Waals surface area contributed by atoms with Gasteiger partial charge in [-0.2, -0.15) is 0 Å². The first-order valence-electron chi connectivity index (χ1n) is 9.69. The van der Waals surface area contributed by atoms with Crippen LogP contribution in [0.5, 0.6) is 0 Å². The smallest absolute Gasteiger partial charge is 0.209 e. The van der Waals surface area contributed by atoms with Crippen LogP contribution in [-0.4, -0.2) is 22.3 Å². The minimum absolute atomic E-state index is 0.655. The van der Waals surface area contributed by atoms with E-state index in [9.17, 15) is 0 Å². The van der Waals surface area contributed by atoms with Crippen molar-refractivity contribution in [3.8, 4) is 10.6 Å². The van der Waals surface area contributed by atoms with Crippen LogP contribution in [0.25, 0.3) is 10.6 Å². The molecular formula is C20H26ClN3S. The SMILES string of the molecule is Clc1ccc(-c2nnc(N(C3CCCCC3)C3CCCCC3)s2)cc1. The number of hydrogen-bond acceptors (Lipinski definition) is 4. The predicted octanol–water partition coefficient (Wildman–Crippen LogP) is 6.33. The van der Waals surface area contributed by atoms with Crippen LogP contribution in [-0.2, 0) is 0 Å². The molecule has 0 aliphatic heterocycles. The summed E-state index contributed by atoms with van der Waals surface area (Å²) in [7, 11) is 0. The Kier molecular flexibility index (Phi) is 5.57. The van der Waals surface area contributed by atoms with E-state index < -0.39 is 0 Å². The first-order valence-corrected chi connectivity index (χ1v) is 10.9. The summed E-state index contributed by atoms with van der Waals surface area (Å²) < 4.78 is 0. The van der Waals surface area contributed by atoms with Gasteiger partial charge in [-0.25, -0.2) is 0 Å². The molecular weight excluding hydrogens is 350 g/mol. The second kappa shape index (κ2) is 8.05. The summed E-state index contributed by atoms with van der Waals surface area (Å²) in [6, 6.07) is 9.25. The lowest BCUT2D eigenvalue weighted by Crippen LogP contribution is -2.45. The van der Waals surface area contributed by atoms with Gasteiger partial charge < -0.3 is 4.90 Å². The molecule has 1 aromatic carbocycles. The standard InChI is InChI=1S/C20H26ClN3S/c21-16-13-11-15(12-14-16)19-22-23-20(25-19)24(17-7-3-1-4-8-17)18-9-5-2-6-10-18/h11-14,17-18H,1-10H2. The van der Waals surface area contributed by atoms with Crippen LogP contribution in [0.4, 0.5) is 5.13 Å². The molecule has 0 amide bonds. The molecule has 1 heterocycles. The van der Waals surface area contributed by atoms with Crippen LogP contribution in [0.2, 0.25) is 5.02 Å². The highest BCUT2D eigenvalue weighted by molar-refractivity contribution is 7.18. The molecule has 0 saturated heterocycles. The molecule has 4 rings (SSSR count). The molecule has 3 nitrogen and oxygen atoms in total. The Labute approximate surface area is 159 Å². The summed E-state index contributed by atoms with van der Waals surface area (Å²) in [5.74, 6) is 0. The number of benzene rings is 1. The number of hydrogen-bond donors (Lipinski definition) is 0. The average Bonchev–Trinajstić information content (AvgIpc) is 3.14. The lowest BCUT2D eigenvalue weighted by atomic mass is 9.89. The second-order valence-electron chi connectivity index (χ2n) is 7.39. The lowest BCUT2D eigenvalue weighted by Gasteiger charge is -2.41. The van der Waals surface area contributed by atoms with Gasteiger partial charge in [-0.1, -0.05) is 73.6 Å². The molecule has 0 spiro atoms. The van der Waals surface area contributed by atoms with Gasteiger partial charge in [-0.3, -0.25) is 0 Å². The minimum Gasteiger partial charge on any atom is -0.341 e. The highest BCUT2D eigenvalue weighted by atomic mass is 35.5.